The Labute approximate surface area is 210 Å². The smallest absolute Gasteiger partial charge is 0.261 e. The Kier molecular flexibility index (Phi) is 17.7. The van der Waals surface area contributed by atoms with E-state index in [0.29, 0.717) is 23.5 Å². The molecule has 0 atom stereocenters. The zero-order valence-corrected chi connectivity index (χ0v) is 21.9. The van der Waals surface area contributed by atoms with Crippen LogP contribution in [0.25, 0.3) is 6.08 Å². The Morgan fingerprint density at radius 2 is 1.89 bits per heavy atom. The molecule has 2 rings (SSSR count). The van der Waals surface area contributed by atoms with E-state index in [-0.39, 0.29) is 5.57 Å². The first kappa shape index (κ1) is 32.0. The molecule has 0 aromatic carbocycles. The molecule has 1 saturated carbocycles. The van der Waals surface area contributed by atoms with Crippen LogP contribution in [0.2, 0.25) is 0 Å². The van der Waals surface area contributed by atoms with E-state index in [1.165, 1.54) is 13.1 Å². The lowest BCUT2D eigenvalue weighted by atomic mass is 9.91. The Morgan fingerprint density at radius 1 is 1.26 bits per heavy atom. The van der Waals surface area contributed by atoms with Crippen molar-refractivity contribution >= 4 is 18.0 Å². The van der Waals surface area contributed by atoms with Gasteiger partial charge in [-0.15, -0.1) is 0 Å². The van der Waals surface area contributed by atoms with E-state index < -0.39 is 6.43 Å². The highest BCUT2D eigenvalue weighted by Crippen LogP contribution is 2.19. The predicted octanol–water partition coefficient (Wildman–Crippen LogP) is 6.00. The quantitative estimate of drug-likeness (QED) is 0.205. The lowest BCUT2D eigenvalue weighted by Gasteiger charge is -2.30. The largest absolute Gasteiger partial charge is 0.396 e. The van der Waals surface area contributed by atoms with Crippen LogP contribution < -0.4 is 21.7 Å². The zero-order chi connectivity index (χ0) is 26.6. The number of nitrogens with two attached hydrogens (primary N) is 1. The van der Waals surface area contributed by atoms with Crippen molar-refractivity contribution in [1.82, 2.24) is 20.9 Å². The maximum atomic E-state index is 12.6. The summed E-state index contributed by atoms with van der Waals surface area (Å²) in [5, 5.41) is 16.7. The molecule has 0 unspecified atom stereocenters. The van der Waals surface area contributed by atoms with Gasteiger partial charge in [-0.2, -0.15) is 0 Å². The molecule has 0 saturated heterocycles. The van der Waals surface area contributed by atoms with Crippen LogP contribution in [-0.4, -0.2) is 36.8 Å². The normalized spacial score (nSPS) is 18.2. The summed E-state index contributed by atoms with van der Waals surface area (Å²) in [6.45, 7) is 11.1. The van der Waals surface area contributed by atoms with Gasteiger partial charge >= 0.3 is 0 Å². The van der Waals surface area contributed by atoms with E-state index >= 15 is 0 Å². The van der Waals surface area contributed by atoms with Gasteiger partial charge in [-0.1, -0.05) is 45.6 Å². The summed E-state index contributed by atoms with van der Waals surface area (Å²) in [6.07, 6.45) is 14.6. The monoisotopic (exact) mass is 490 g/mol. The third kappa shape index (κ3) is 12.9. The molecule has 1 aromatic heterocycles. The van der Waals surface area contributed by atoms with Crippen molar-refractivity contribution in [3.8, 4) is 0 Å². The van der Waals surface area contributed by atoms with Gasteiger partial charge in [0.25, 0.3) is 6.43 Å². The van der Waals surface area contributed by atoms with E-state index in [9.17, 15) is 8.78 Å². The van der Waals surface area contributed by atoms with Crippen molar-refractivity contribution in [2.45, 2.75) is 78.3 Å². The summed E-state index contributed by atoms with van der Waals surface area (Å²) in [6, 6.07) is 2.74. The SMILES string of the molecule is C=Cc1ccnc(C=N)c1N.CC.CC/C=C\C=C(/N/C=C(\C)C(F)F)NC1CCC(NC)CC1. The molecule has 1 fully saturated rings. The summed E-state index contributed by atoms with van der Waals surface area (Å²) in [7, 11) is 2.00. The minimum absolute atomic E-state index is 0.0334. The van der Waals surface area contributed by atoms with Crippen molar-refractivity contribution in [1.29, 1.82) is 5.41 Å². The second kappa shape index (κ2) is 19.3. The van der Waals surface area contributed by atoms with Crippen LogP contribution in [0.4, 0.5) is 14.5 Å². The van der Waals surface area contributed by atoms with Crippen molar-refractivity contribution in [3.05, 3.63) is 65.9 Å². The maximum absolute atomic E-state index is 12.6. The molecule has 1 aromatic rings. The van der Waals surface area contributed by atoms with Gasteiger partial charge in [0.05, 0.1) is 5.69 Å². The van der Waals surface area contributed by atoms with Gasteiger partial charge < -0.3 is 27.1 Å². The van der Waals surface area contributed by atoms with Gasteiger partial charge in [0, 0.05) is 41.8 Å². The number of halogens is 2. The van der Waals surface area contributed by atoms with Crippen molar-refractivity contribution < 1.29 is 8.78 Å². The number of nitrogens with zero attached hydrogens (tertiary/aromatic N) is 1. The third-order valence-corrected chi connectivity index (χ3v) is 5.34. The molecule has 1 heterocycles. The fourth-order valence-electron chi connectivity index (χ4n) is 3.24. The number of nitrogens with one attached hydrogen (secondary N) is 4. The first-order valence-corrected chi connectivity index (χ1v) is 12.3. The number of anilines is 1. The maximum Gasteiger partial charge on any atom is 0.261 e. The van der Waals surface area contributed by atoms with E-state index in [0.717, 1.165) is 49.7 Å². The van der Waals surface area contributed by atoms with Crippen LogP contribution >= 0.6 is 0 Å². The number of pyridine rings is 1. The van der Waals surface area contributed by atoms with Crippen LogP contribution in [0.1, 0.15) is 71.1 Å². The molecule has 6 nitrogen and oxygen atoms in total. The van der Waals surface area contributed by atoms with Crippen molar-refractivity contribution in [2.75, 3.05) is 12.8 Å². The van der Waals surface area contributed by atoms with Gasteiger partial charge in [0.2, 0.25) is 0 Å². The zero-order valence-electron chi connectivity index (χ0n) is 21.9. The Balaban J connectivity index is 0.000000742. The van der Waals surface area contributed by atoms with Crippen molar-refractivity contribution in [3.63, 3.8) is 0 Å². The second-order valence-corrected chi connectivity index (χ2v) is 7.78. The second-order valence-electron chi connectivity index (χ2n) is 7.78. The molecule has 8 heteroatoms. The number of nitrogen functional groups attached to an aromatic ring is 1. The molecule has 0 bridgehead atoms. The van der Waals surface area contributed by atoms with Crippen LogP contribution in [0.5, 0.6) is 0 Å². The van der Waals surface area contributed by atoms with Crippen molar-refractivity contribution in [2.24, 2.45) is 0 Å². The third-order valence-electron chi connectivity index (χ3n) is 5.34. The number of hydrogen-bond donors (Lipinski definition) is 5. The van der Waals surface area contributed by atoms with Crippen LogP contribution in [0.15, 0.2) is 54.7 Å². The highest BCUT2D eigenvalue weighted by molar-refractivity contribution is 5.85. The first-order chi connectivity index (χ1) is 16.9. The Hall–Kier alpha value is -3.00. The lowest BCUT2D eigenvalue weighted by molar-refractivity contribution is 0.189. The molecule has 1 aliphatic rings. The summed E-state index contributed by atoms with van der Waals surface area (Å²) >= 11 is 0. The highest BCUT2D eigenvalue weighted by Gasteiger charge is 2.20. The fourth-order valence-corrected chi connectivity index (χ4v) is 3.24. The van der Waals surface area contributed by atoms with Gasteiger partial charge in [0.1, 0.15) is 11.5 Å². The lowest BCUT2D eigenvalue weighted by Crippen LogP contribution is -2.40. The summed E-state index contributed by atoms with van der Waals surface area (Å²) in [5.74, 6) is 0.776. The average Bonchev–Trinajstić information content (AvgIpc) is 2.89. The highest BCUT2D eigenvalue weighted by atomic mass is 19.3. The molecule has 196 valence electrons. The standard InChI is InChI=1S/C17H29F2N3.C8H9N3.C2H6/c1-4-5-6-7-16(21-12-13(2)17(18)19)22-15-10-8-14(20-3)9-11-15;1-2-6-3-4-11-7(5-9)8(6)10;1-2/h5-7,12,14-15,17,20-22H,4,8-11H2,1-3H3;2-5,9H,1,10H2;1-2H3/b6-5-,13-12+,16-7+;;. The summed E-state index contributed by atoms with van der Waals surface area (Å²) in [5.41, 5.74) is 7.47. The Bertz CT molecular complexity index is 799. The molecule has 1 aliphatic carbocycles. The first-order valence-electron chi connectivity index (χ1n) is 12.3. The molecule has 6 N–H and O–H groups in total. The van der Waals surface area contributed by atoms with E-state index in [2.05, 4.69) is 34.4 Å². The summed E-state index contributed by atoms with van der Waals surface area (Å²) in [4.78, 5) is 3.89. The summed E-state index contributed by atoms with van der Waals surface area (Å²) < 4.78 is 25.1. The van der Waals surface area contributed by atoms with Gasteiger partial charge in [-0.3, -0.25) is 4.98 Å². The van der Waals surface area contributed by atoms with Crippen LogP contribution in [-0.2, 0) is 0 Å². The molecule has 0 spiro atoms. The average molecular weight is 491 g/mol. The minimum Gasteiger partial charge on any atom is -0.396 e. The van der Waals surface area contributed by atoms with E-state index in [1.54, 1.807) is 18.3 Å². The number of alkyl halides is 2. The number of rotatable bonds is 10. The molecule has 0 radical (unpaired) electrons. The fraction of sp³-hybridized carbons (Fsp3) is 0.481. The van der Waals surface area contributed by atoms with Crippen LogP contribution in [0.3, 0.4) is 0 Å². The molecule has 0 aliphatic heterocycles. The van der Waals surface area contributed by atoms with Gasteiger partial charge in [-0.05, 0) is 58.2 Å². The molecular weight excluding hydrogens is 446 g/mol. The van der Waals surface area contributed by atoms with E-state index in [4.69, 9.17) is 11.1 Å². The van der Waals surface area contributed by atoms with Gasteiger partial charge in [0.15, 0.2) is 0 Å². The molecular formula is C27H44F2N6. The predicted molar refractivity (Wildman–Crippen MR) is 147 cm³/mol. The molecule has 0 amide bonds. The Morgan fingerprint density at radius 3 is 2.40 bits per heavy atom. The number of hydrogen-bond acceptors (Lipinski definition) is 6. The topological polar surface area (TPSA) is 98.9 Å². The molecule has 35 heavy (non-hydrogen) atoms. The van der Waals surface area contributed by atoms with E-state index in [1.807, 2.05) is 39.1 Å². The van der Waals surface area contributed by atoms with Crippen LogP contribution in [0, 0.1) is 5.41 Å². The number of aromatic nitrogens is 1. The number of allylic oxidation sites excluding steroid dienone is 4. The minimum atomic E-state index is -2.42. The van der Waals surface area contributed by atoms with Gasteiger partial charge in [-0.25, -0.2) is 8.78 Å².